The van der Waals surface area contributed by atoms with E-state index in [0.29, 0.717) is 18.1 Å². The summed E-state index contributed by atoms with van der Waals surface area (Å²) in [6, 6.07) is 13.2. The summed E-state index contributed by atoms with van der Waals surface area (Å²) >= 11 is 1.57. The third-order valence-corrected chi connectivity index (χ3v) is 4.44. The lowest BCUT2D eigenvalue weighted by Crippen LogP contribution is -2.31. The predicted molar refractivity (Wildman–Crippen MR) is 92.7 cm³/mol. The van der Waals surface area contributed by atoms with Crippen LogP contribution in [0.15, 0.2) is 52.4 Å². The van der Waals surface area contributed by atoms with Gasteiger partial charge in [-0.1, -0.05) is 48.5 Å². The Morgan fingerprint density at radius 3 is 2.79 bits per heavy atom. The van der Waals surface area contributed by atoms with Crippen molar-refractivity contribution in [2.75, 3.05) is 0 Å². The summed E-state index contributed by atoms with van der Waals surface area (Å²) in [6.07, 6.45) is 2.01. The summed E-state index contributed by atoms with van der Waals surface area (Å²) in [4.78, 5) is 17.9. The van der Waals surface area contributed by atoms with Crippen LogP contribution in [0.25, 0.3) is 0 Å². The molecule has 0 bridgehead atoms. The molecule has 2 heterocycles. The van der Waals surface area contributed by atoms with Gasteiger partial charge in [-0.15, -0.1) is 11.3 Å². The van der Waals surface area contributed by atoms with E-state index < -0.39 is 6.04 Å². The Kier molecular flexibility index (Phi) is 5.38. The van der Waals surface area contributed by atoms with Gasteiger partial charge >= 0.3 is 0 Å². The number of thiophene rings is 1. The van der Waals surface area contributed by atoms with E-state index in [9.17, 15) is 4.79 Å². The molecule has 0 saturated carbocycles. The highest BCUT2D eigenvalue weighted by Crippen LogP contribution is 2.20. The van der Waals surface area contributed by atoms with Gasteiger partial charge in [0.15, 0.2) is 5.82 Å². The van der Waals surface area contributed by atoms with E-state index in [1.54, 1.807) is 11.3 Å². The molecule has 0 aliphatic heterocycles. The number of aromatic nitrogens is 2. The van der Waals surface area contributed by atoms with Crippen molar-refractivity contribution in [1.29, 1.82) is 0 Å². The van der Waals surface area contributed by atoms with Gasteiger partial charge in [-0.05, 0) is 23.4 Å². The van der Waals surface area contributed by atoms with Crippen molar-refractivity contribution in [2.45, 2.75) is 32.2 Å². The normalized spacial score (nSPS) is 12.0. The first-order valence-electron chi connectivity index (χ1n) is 7.95. The quantitative estimate of drug-likeness (QED) is 0.714. The van der Waals surface area contributed by atoms with Crippen molar-refractivity contribution in [3.8, 4) is 0 Å². The Balaban J connectivity index is 1.80. The van der Waals surface area contributed by atoms with Gasteiger partial charge in [-0.3, -0.25) is 4.79 Å². The van der Waals surface area contributed by atoms with Crippen molar-refractivity contribution in [3.63, 3.8) is 0 Å². The minimum atomic E-state index is -0.409. The first kappa shape index (κ1) is 16.4. The largest absolute Gasteiger partial charge is 0.342 e. The van der Waals surface area contributed by atoms with Gasteiger partial charge in [0.25, 0.3) is 0 Å². The zero-order chi connectivity index (χ0) is 16.8. The molecule has 1 atom stereocenters. The number of amides is 1. The van der Waals surface area contributed by atoms with Crippen molar-refractivity contribution in [1.82, 2.24) is 15.5 Å². The Bertz CT molecular complexity index is 769. The maximum Gasteiger partial charge on any atom is 0.226 e. The zero-order valence-corrected chi connectivity index (χ0v) is 14.3. The smallest absolute Gasteiger partial charge is 0.226 e. The average molecular weight is 341 g/mol. The summed E-state index contributed by atoms with van der Waals surface area (Å²) in [5.41, 5.74) is 0.931. The van der Waals surface area contributed by atoms with Crippen molar-refractivity contribution in [3.05, 3.63) is 70.0 Å². The maximum atomic E-state index is 12.4. The van der Waals surface area contributed by atoms with Crippen molar-refractivity contribution in [2.24, 2.45) is 0 Å². The Morgan fingerprint density at radius 1 is 1.25 bits per heavy atom. The number of hydrogen-bond donors (Lipinski definition) is 1. The molecule has 3 rings (SSSR count). The number of nitrogens with zero attached hydrogens (tertiary/aromatic N) is 2. The maximum absolute atomic E-state index is 12.4. The molecule has 3 aromatic rings. The van der Waals surface area contributed by atoms with Crippen LogP contribution >= 0.6 is 11.3 Å². The van der Waals surface area contributed by atoms with Crippen molar-refractivity contribution >= 4 is 17.2 Å². The standard InChI is InChI=1S/C18H19N3O2S/c1-2-7-16-20-18(21-23-16)17(13-8-4-3-5-9-13)19-15(22)12-14-10-6-11-24-14/h3-6,8-11,17H,2,7,12H2,1H3,(H,19,22)/t17-/m0/s1. The molecule has 0 aliphatic rings. The third kappa shape index (κ3) is 4.08. The Hall–Kier alpha value is -2.47. The molecule has 0 aliphatic carbocycles. The topological polar surface area (TPSA) is 68.0 Å². The lowest BCUT2D eigenvalue weighted by atomic mass is 10.1. The summed E-state index contributed by atoms with van der Waals surface area (Å²) in [6.45, 7) is 2.06. The second-order valence-electron chi connectivity index (χ2n) is 5.46. The number of aryl methyl sites for hydroxylation is 1. The molecule has 0 unspecified atom stereocenters. The SMILES string of the molecule is CCCc1nc([C@@H](NC(=O)Cc2cccs2)c2ccccc2)no1. The molecule has 0 saturated heterocycles. The fraction of sp³-hybridized carbons (Fsp3) is 0.278. The van der Waals surface area contributed by atoms with Crippen LogP contribution in [0.4, 0.5) is 0 Å². The van der Waals surface area contributed by atoms with Gasteiger partial charge in [-0.2, -0.15) is 4.98 Å². The molecule has 124 valence electrons. The minimum Gasteiger partial charge on any atom is -0.342 e. The van der Waals surface area contributed by atoms with E-state index in [1.165, 1.54) is 0 Å². The summed E-state index contributed by atoms with van der Waals surface area (Å²) < 4.78 is 5.28. The number of benzene rings is 1. The minimum absolute atomic E-state index is 0.0619. The summed E-state index contributed by atoms with van der Waals surface area (Å²) in [5, 5.41) is 9.06. The Morgan fingerprint density at radius 2 is 2.08 bits per heavy atom. The number of hydrogen-bond acceptors (Lipinski definition) is 5. The third-order valence-electron chi connectivity index (χ3n) is 3.56. The fourth-order valence-corrected chi connectivity index (χ4v) is 3.13. The average Bonchev–Trinajstić information content (AvgIpc) is 3.26. The number of nitrogens with one attached hydrogen (secondary N) is 1. The van der Waals surface area contributed by atoms with Crippen LogP contribution in [0.3, 0.4) is 0 Å². The first-order valence-corrected chi connectivity index (χ1v) is 8.83. The van der Waals surface area contributed by atoms with Crippen LogP contribution < -0.4 is 5.32 Å². The molecular weight excluding hydrogens is 322 g/mol. The fourth-order valence-electron chi connectivity index (χ4n) is 2.43. The highest BCUT2D eigenvalue weighted by molar-refractivity contribution is 7.10. The molecule has 0 fully saturated rings. The summed E-state index contributed by atoms with van der Waals surface area (Å²) in [7, 11) is 0. The van der Waals surface area contributed by atoms with E-state index in [2.05, 4.69) is 22.4 Å². The number of carbonyl (C=O) groups excluding carboxylic acids is 1. The predicted octanol–water partition coefficient (Wildman–Crippen LogP) is 3.53. The van der Waals surface area contributed by atoms with Gasteiger partial charge in [0.2, 0.25) is 11.8 Å². The van der Waals surface area contributed by atoms with Crippen LogP contribution in [-0.2, 0) is 17.6 Å². The van der Waals surface area contributed by atoms with E-state index in [-0.39, 0.29) is 5.91 Å². The van der Waals surface area contributed by atoms with Crippen molar-refractivity contribution < 1.29 is 9.32 Å². The van der Waals surface area contributed by atoms with Gasteiger partial charge in [-0.25, -0.2) is 0 Å². The molecule has 0 radical (unpaired) electrons. The lowest BCUT2D eigenvalue weighted by Gasteiger charge is -2.15. The van der Waals surface area contributed by atoms with Crippen LogP contribution in [0.2, 0.25) is 0 Å². The van der Waals surface area contributed by atoms with Gasteiger partial charge < -0.3 is 9.84 Å². The monoisotopic (exact) mass is 341 g/mol. The number of rotatable bonds is 7. The first-order chi connectivity index (χ1) is 11.8. The summed E-state index contributed by atoms with van der Waals surface area (Å²) in [5.74, 6) is 1.03. The molecule has 0 spiro atoms. The van der Waals surface area contributed by atoms with Gasteiger partial charge in [0.05, 0.1) is 6.42 Å². The Labute approximate surface area is 144 Å². The van der Waals surface area contributed by atoms with E-state index in [0.717, 1.165) is 23.3 Å². The van der Waals surface area contributed by atoms with Crippen LogP contribution in [0.1, 0.15) is 41.5 Å². The molecule has 1 N–H and O–H groups in total. The molecule has 1 amide bonds. The van der Waals surface area contributed by atoms with Crippen LogP contribution in [-0.4, -0.2) is 16.0 Å². The van der Waals surface area contributed by atoms with E-state index >= 15 is 0 Å². The molecule has 5 nitrogen and oxygen atoms in total. The second-order valence-corrected chi connectivity index (χ2v) is 6.50. The highest BCUT2D eigenvalue weighted by Gasteiger charge is 2.22. The lowest BCUT2D eigenvalue weighted by molar-refractivity contribution is -0.120. The molecule has 1 aromatic carbocycles. The van der Waals surface area contributed by atoms with Crippen LogP contribution in [0, 0.1) is 0 Å². The van der Waals surface area contributed by atoms with Gasteiger partial charge in [0.1, 0.15) is 6.04 Å². The molecule has 2 aromatic heterocycles. The van der Waals surface area contributed by atoms with E-state index in [4.69, 9.17) is 4.52 Å². The molecule has 6 heteroatoms. The van der Waals surface area contributed by atoms with Gasteiger partial charge in [0, 0.05) is 11.3 Å². The number of carbonyl (C=O) groups is 1. The molecule has 24 heavy (non-hydrogen) atoms. The van der Waals surface area contributed by atoms with Crippen LogP contribution in [0.5, 0.6) is 0 Å². The second kappa shape index (κ2) is 7.88. The van der Waals surface area contributed by atoms with E-state index in [1.807, 2.05) is 47.8 Å². The highest BCUT2D eigenvalue weighted by atomic mass is 32.1. The zero-order valence-electron chi connectivity index (χ0n) is 13.4. The molecular formula is C18H19N3O2S.